The number of benzene rings is 3. The highest BCUT2D eigenvalue weighted by atomic mass is 16.6. The highest BCUT2D eigenvalue weighted by Crippen LogP contribution is 2.38. The third-order valence-corrected chi connectivity index (χ3v) is 6.78. The first-order valence-electron chi connectivity index (χ1n) is 12.0. The Bertz CT molecular complexity index is 1440. The summed E-state index contributed by atoms with van der Waals surface area (Å²) in [6, 6.07) is 19.4. The third kappa shape index (κ3) is 4.61. The molecule has 0 bridgehead atoms. The van der Waals surface area contributed by atoms with E-state index in [-0.39, 0.29) is 34.3 Å². The fourth-order valence-corrected chi connectivity index (χ4v) is 4.80. The Balaban J connectivity index is 1.43. The number of Topliss-reactive ketones (excluding diaryl/α,β-unsaturated/α-hetero) is 1. The summed E-state index contributed by atoms with van der Waals surface area (Å²) in [5, 5.41) is 11.1. The zero-order valence-electron chi connectivity index (χ0n) is 20.1. The van der Waals surface area contributed by atoms with E-state index in [4.69, 9.17) is 4.74 Å². The molecule has 3 aromatic rings. The molecule has 0 aromatic heterocycles. The maximum atomic E-state index is 13.3. The Morgan fingerprint density at radius 3 is 2.05 bits per heavy atom. The molecular formula is C29H22N2O7. The predicted molar refractivity (Wildman–Crippen MR) is 136 cm³/mol. The second kappa shape index (κ2) is 10.2. The normalized spacial score (nSPS) is 19.1. The van der Waals surface area contributed by atoms with Crippen molar-refractivity contribution >= 4 is 34.9 Å². The number of hydrogen-bond acceptors (Lipinski definition) is 7. The van der Waals surface area contributed by atoms with Crippen LogP contribution >= 0.6 is 0 Å². The number of amides is 2. The smallest absolute Gasteiger partial charge is 0.339 e. The van der Waals surface area contributed by atoms with E-state index < -0.39 is 34.6 Å². The number of non-ortho nitro benzene ring substituents is 1. The Kier molecular flexibility index (Phi) is 6.66. The van der Waals surface area contributed by atoms with Crippen molar-refractivity contribution in [3.05, 3.63) is 118 Å². The van der Waals surface area contributed by atoms with E-state index in [2.05, 4.69) is 0 Å². The minimum atomic E-state index is -1.38. The van der Waals surface area contributed by atoms with Crippen molar-refractivity contribution in [2.24, 2.45) is 11.8 Å². The second-order valence-electron chi connectivity index (χ2n) is 9.08. The summed E-state index contributed by atoms with van der Waals surface area (Å²) in [6.07, 6.45) is 3.40. The quantitative estimate of drug-likeness (QED) is 0.111. The predicted octanol–water partition coefficient (Wildman–Crippen LogP) is 4.83. The number of esters is 1. The van der Waals surface area contributed by atoms with E-state index in [1.807, 2.05) is 12.2 Å². The van der Waals surface area contributed by atoms with E-state index in [0.29, 0.717) is 18.4 Å². The van der Waals surface area contributed by atoms with Gasteiger partial charge in [-0.25, -0.2) is 4.79 Å². The van der Waals surface area contributed by atoms with Gasteiger partial charge >= 0.3 is 5.97 Å². The van der Waals surface area contributed by atoms with Crippen LogP contribution < -0.4 is 4.90 Å². The van der Waals surface area contributed by atoms with Crippen LogP contribution in [0.25, 0.3) is 0 Å². The Hall–Kier alpha value is -4.92. The number of fused-ring (bicyclic) bond motifs is 1. The third-order valence-electron chi connectivity index (χ3n) is 6.78. The first-order valence-corrected chi connectivity index (χ1v) is 12.0. The van der Waals surface area contributed by atoms with Gasteiger partial charge in [0, 0.05) is 23.3 Å². The van der Waals surface area contributed by atoms with Gasteiger partial charge in [-0.1, -0.05) is 48.6 Å². The summed E-state index contributed by atoms with van der Waals surface area (Å²) in [5.41, 5.74) is 0.681. The number of allylic oxidation sites excluding steroid dienone is 2. The first-order chi connectivity index (χ1) is 18.3. The zero-order chi connectivity index (χ0) is 26.8. The van der Waals surface area contributed by atoms with Crippen LogP contribution in [0.1, 0.15) is 45.2 Å². The molecule has 0 N–H and O–H groups in total. The maximum Gasteiger partial charge on any atom is 0.339 e. The summed E-state index contributed by atoms with van der Waals surface area (Å²) in [4.78, 5) is 64.1. The van der Waals surface area contributed by atoms with Crippen molar-refractivity contribution < 1.29 is 28.8 Å². The number of carbonyl (C=O) groups excluding carboxylic acids is 4. The van der Waals surface area contributed by atoms with Crippen molar-refractivity contribution in [1.29, 1.82) is 0 Å². The lowest BCUT2D eigenvalue weighted by molar-refractivity contribution is -0.384. The van der Waals surface area contributed by atoms with Gasteiger partial charge in [-0.15, -0.1) is 0 Å². The van der Waals surface area contributed by atoms with Gasteiger partial charge in [-0.05, 0) is 43.2 Å². The molecule has 5 rings (SSSR count). The molecule has 0 radical (unpaired) electrons. The highest BCUT2D eigenvalue weighted by Gasteiger charge is 2.48. The average Bonchev–Trinajstić information content (AvgIpc) is 3.21. The molecule has 9 heteroatoms. The topological polar surface area (TPSA) is 124 Å². The highest BCUT2D eigenvalue weighted by molar-refractivity contribution is 6.22. The minimum absolute atomic E-state index is 0.0453. The fourth-order valence-electron chi connectivity index (χ4n) is 4.80. The molecule has 1 heterocycles. The molecule has 1 aliphatic heterocycles. The van der Waals surface area contributed by atoms with Gasteiger partial charge in [0.15, 0.2) is 6.10 Å². The Labute approximate surface area is 217 Å². The number of carbonyl (C=O) groups is 4. The summed E-state index contributed by atoms with van der Waals surface area (Å²) in [6.45, 7) is 0. The number of ketones is 1. The molecule has 0 saturated carbocycles. The number of ether oxygens (including phenoxy) is 1. The zero-order valence-corrected chi connectivity index (χ0v) is 20.1. The minimum Gasteiger partial charge on any atom is -0.445 e. The Morgan fingerprint density at radius 2 is 1.45 bits per heavy atom. The molecule has 1 aliphatic carbocycles. The van der Waals surface area contributed by atoms with Gasteiger partial charge in [0.2, 0.25) is 17.6 Å². The van der Waals surface area contributed by atoms with Crippen molar-refractivity contribution in [2.75, 3.05) is 4.90 Å². The van der Waals surface area contributed by atoms with E-state index >= 15 is 0 Å². The SMILES string of the molecule is O=C(O[C@@H](C(=O)c1ccccc1)c1ccc([N+](=O)[O-])cc1)c1cccc(N2C(=O)[C@H]3CC=CC[C@H]3C2=O)c1. The number of nitro groups is 1. The van der Waals surface area contributed by atoms with Crippen molar-refractivity contribution in [3.63, 3.8) is 0 Å². The molecule has 38 heavy (non-hydrogen) atoms. The molecule has 0 unspecified atom stereocenters. The van der Waals surface area contributed by atoms with Crippen LogP contribution in [-0.2, 0) is 14.3 Å². The lowest BCUT2D eigenvalue weighted by Crippen LogP contribution is -2.31. The van der Waals surface area contributed by atoms with Gasteiger partial charge in [-0.2, -0.15) is 0 Å². The monoisotopic (exact) mass is 510 g/mol. The first kappa shape index (κ1) is 24.8. The molecule has 9 nitrogen and oxygen atoms in total. The molecule has 1 fully saturated rings. The summed E-state index contributed by atoms with van der Waals surface area (Å²) in [7, 11) is 0. The van der Waals surface area contributed by atoms with Crippen molar-refractivity contribution in [3.8, 4) is 0 Å². The van der Waals surface area contributed by atoms with Crippen LogP contribution in [0.4, 0.5) is 11.4 Å². The van der Waals surface area contributed by atoms with E-state index in [9.17, 15) is 29.3 Å². The number of imide groups is 1. The van der Waals surface area contributed by atoms with E-state index in [1.54, 1.807) is 36.4 Å². The molecule has 3 atom stereocenters. The molecule has 2 amide bonds. The molecular weight excluding hydrogens is 488 g/mol. The summed E-state index contributed by atoms with van der Waals surface area (Å²) in [5.74, 6) is -2.81. The largest absolute Gasteiger partial charge is 0.445 e. The second-order valence-corrected chi connectivity index (χ2v) is 9.08. The van der Waals surface area contributed by atoms with Crippen LogP contribution in [0, 0.1) is 22.0 Å². The van der Waals surface area contributed by atoms with Crippen LogP contribution in [0.2, 0.25) is 0 Å². The van der Waals surface area contributed by atoms with Crippen LogP contribution in [0.15, 0.2) is 91.0 Å². The van der Waals surface area contributed by atoms with Crippen molar-refractivity contribution in [1.82, 2.24) is 0 Å². The summed E-state index contributed by atoms with van der Waals surface area (Å²) < 4.78 is 5.65. The number of hydrogen-bond donors (Lipinski definition) is 0. The number of anilines is 1. The molecule has 0 spiro atoms. The van der Waals surface area contributed by atoms with Crippen LogP contribution in [0.3, 0.4) is 0 Å². The number of nitro benzene ring substituents is 1. The van der Waals surface area contributed by atoms with Crippen LogP contribution in [-0.4, -0.2) is 28.5 Å². The number of rotatable bonds is 7. The number of nitrogens with zero attached hydrogens (tertiary/aromatic N) is 2. The lowest BCUT2D eigenvalue weighted by atomic mass is 9.85. The fraction of sp³-hybridized carbons (Fsp3) is 0.172. The van der Waals surface area contributed by atoms with Crippen LogP contribution in [0.5, 0.6) is 0 Å². The van der Waals surface area contributed by atoms with Gasteiger partial charge in [0.25, 0.3) is 5.69 Å². The van der Waals surface area contributed by atoms with E-state index in [1.165, 1.54) is 42.5 Å². The lowest BCUT2D eigenvalue weighted by Gasteiger charge is -2.19. The van der Waals surface area contributed by atoms with Gasteiger partial charge in [0.1, 0.15) is 0 Å². The summed E-state index contributed by atoms with van der Waals surface area (Å²) >= 11 is 0. The molecule has 2 aliphatic rings. The van der Waals surface area contributed by atoms with Gasteiger partial charge in [0.05, 0.1) is 28.0 Å². The standard InChI is InChI=1S/C29H22N2O7/c32-25(18-7-2-1-3-8-18)26(19-13-15-21(16-14-19)31(36)37)38-29(35)20-9-6-10-22(17-20)30-27(33)23-11-4-5-12-24(23)28(30)34/h1-10,13-17,23-24,26H,11-12H2/t23-,24+,26-/m1/s1. The Morgan fingerprint density at radius 1 is 0.842 bits per heavy atom. The van der Waals surface area contributed by atoms with Gasteiger partial charge < -0.3 is 4.74 Å². The van der Waals surface area contributed by atoms with Gasteiger partial charge in [-0.3, -0.25) is 29.4 Å². The molecule has 3 aromatic carbocycles. The molecule has 190 valence electrons. The maximum absolute atomic E-state index is 13.3. The average molecular weight is 511 g/mol. The van der Waals surface area contributed by atoms with Crippen molar-refractivity contribution in [2.45, 2.75) is 18.9 Å². The van der Waals surface area contributed by atoms with E-state index in [0.717, 1.165) is 4.90 Å². The molecule has 1 saturated heterocycles.